The predicted octanol–water partition coefficient (Wildman–Crippen LogP) is 4.64. The van der Waals surface area contributed by atoms with Gasteiger partial charge in [0.15, 0.2) is 0 Å². The van der Waals surface area contributed by atoms with Gasteiger partial charge in [-0.2, -0.15) is 0 Å². The lowest BCUT2D eigenvalue weighted by Crippen LogP contribution is -2.50. The van der Waals surface area contributed by atoms with E-state index < -0.39 is 0 Å². The van der Waals surface area contributed by atoms with E-state index in [2.05, 4.69) is 24.3 Å². The SMILES string of the molecule is Cc1ccc(C(=O)N2CCN(C(=O)CC(c3ccccc3)c3ccccc3)CC2)cc1F. The van der Waals surface area contributed by atoms with E-state index >= 15 is 0 Å². The van der Waals surface area contributed by atoms with Crippen LogP contribution in [-0.4, -0.2) is 47.8 Å². The second-order valence-corrected chi connectivity index (χ2v) is 8.22. The molecule has 32 heavy (non-hydrogen) atoms. The Morgan fingerprint density at radius 1 is 0.812 bits per heavy atom. The molecule has 164 valence electrons. The van der Waals surface area contributed by atoms with Gasteiger partial charge in [0.05, 0.1) is 0 Å². The standard InChI is InChI=1S/C27H27FN2O2/c1-20-12-13-23(18-25(20)28)27(32)30-16-14-29(15-17-30)26(31)19-24(21-8-4-2-5-9-21)22-10-6-3-7-11-22/h2-13,18,24H,14-17,19H2,1H3. The maximum atomic E-state index is 13.9. The Labute approximate surface area is 188 Å². The fourth-order valence-electron chi connectivity index (χ4n) is 4.17. The summed E-state index contributed by atoms with van der Waals surface area (Å²) in [7, 11) is 0. The van der Waals surface area contributed by atoms with Gasteiger partial charge in [0.2, 0.25) is 5.91 Å². The Kier molecular flexibility index (Phi) is 6.64. The van der Waals surface area contributed by atoms with Crippen LogP contribution in [0, 0.1) is 12.7 Å². The third-order valence-electron chi connectivity index (χ3n) is 6.12. The van der Waals surface area contributed by atoms with E-state index in [1.54, 1.807) is 24.0 Å². The molecule has 1 aliphatic rings. The van der Waals surface area contributed by atoms with Gasteiger partial charge in [-0.3, -0.25) is 9.59 Å². The summed E-state index contributed by atoms with van der Waals surface area (Å²) in [5.41, 5.74) is 3.09. The number of piperazine rings is 1. The van der Waals surface area contributed by atoms with Crippen LogP contribution in [0.2, 0.25) is 0 Å². The first-order valence-electron chi connectivity index (χ1n) is 11.0. The number of hydrogen-bond donors (Lipinski definition) is 0. The van der Waals surface area contributed by atoms with Gasteiger partial charge in [0, 0.05) is 44.1 Å². The van der Waals surface area contributed by atoms with Crippen molar-refractivity contribution in [3.8, 4) is 0 Å². The summed E-state index contributed by atoms with van der Waals surface area (Å²) >= 11 is 0. The largest absolute Gasteiger partial charge is 0.339 e. The molecule has 0 N–H and O–H groups in total. The Bertz CT molecular complexity index is 1040. The number of benzene rings is 3. The fraction of sp³-hybridized carbons (Fsp3) is 0.259. The number of rotatable bonds is 5. The number of carbonyl (C=O) groups excluding carboxylic acids is 2. The molecule has 0 aliphatic carbocycles. The summed E-state index contributed by atoms with van der Waals surface area (Å²) in [4.78, 5) is 29.4. The number of halogens is 1. The molecule has 0 bridgehead atoms. The first-order chi connectivity index (χ1) is 15.5. The molecular formula is C27H27FN2O2. The van der Waals surface area contributed by atoms with Crippen molar-refractivity contribution in [3.63, 3.8) is 0 Å². The molecule has 0 atom stereocenters. The lowest BCUT2D eigenvalue weighted by molar-refractivity contribution is -0.132. The molecule has 1 saturated heterocycles. The molecule has 0 spiro atoms. The van der Waals surface area contributed by atoms with Crippen molar-refractivity contribution in [2.75, 3.05) is 26.2 Å². The van der Waals surface area contributed by atoms with Crippen LogP contribution < -0.4 is 0 Å². The van der Waals surface area contributed by atoms with E-state index in [4.69, 9.17) is 0 Å². The van der Waals surface area contributed by atoms with Crippen molar-refractivity contribution >= 4 is 11.8 Å². The molecule has 1 heterocycles. The van der Waals surface area contributed by atoms with Crippen molar-refractivity contribution in [2.45, 2.75) is 19.3 Å². The van der Waals surface area contributed by atoms with Crippen LogP contribution in [0.15, 0.2) is 78.9 Å². The minimum absolute atomic E-state index is 0.0138. The Morgan fingerprint density at radius 2 is 1.34 bits per heavy atom. The smallest absolute Gasteiger partial charge is 0.254 e. The number of aryl methyl sites for hydroxylation is 1. The summed E-state index contributed by atoms with van der Waals surface area (Å²) in [5.74, 6) is -0.503. The van der Waals surface area contributed by atoms with Crippen molar-refractivity contribution in [1.29, 1.82) is 0 Å². The Hall–Kier alpha value is -3.47. The first kappa shape index (κ1) is 21.8. The van der Waals surface area contributed by atoms with Gasteiger partial charge >= 0.3 is 0 Å². The Balaban J connectivity index is 1.41. The number of nitrogens with zero attached hydrogens (tertiary/aromatic N) is 2. The van der Waals surface area contributed by atoms with E-state index in [1.807, 2.05) is 41.3 Å². The predicted molar refractivity (Wildman–Crippen MR) is 123 cm³/mol. The van der Waals surface area contributed by atoms with Crippen LogP contribution in [0.4, 0.5) is 4.39 Å². The van der Waals surface area contributed by atoms with E-state index in [0.29, 0.717) is 43.7 Å². The molecule has 5 heteroatoms. The minimum Gasteiger partial charge on any atom is -0.339 e. The van der Waals surface area contributed by atoms with Crippen LogP contribution in [0.3, 0.4) is 0 Å². The van der Waals surface area contributed by atoms with Crippen molar-refractivity contribution in [3.05, 3.63) is 107 Å². The highest BCUT2D eigenvalue weighted by Gasteiger charge is 2.27. The van der Waals surface area contributed by atoms with Crippen LogP contribution in [0.25, 0.3) is 0 Å². The lowest BCUT2D eigenvalue weighted by Gasteiger charge is -2.35. The normalized spacial score (nSPS) is 14.0. The molecule has 4 nitrogen and oxygen atoms in total. The van der Waals surface area contributed by atoms with E-state index in [9.17, 15) is 14.0 Å². The molecule has 1 aliphatic heterocycles. The third kappa shape index (κ3) is 4.88. The molecule has 0 aromatic heterocycles. The van der Waals surface area contributed by atoms with Crippen LogP contribution in [-0.2, 0) is 4.79 Å². The van der Waals surface area contributed by atoms with Crippen molar-refractivity contribution < 1.29 is 14.0 Å². The monoisotopic (exact) mass is 430 g/mol. The number of amides is 2. The van der Waals surface area contributed by atoms with Crippen molar-refractivity contribution in [1.82, 2.24) is 9.80 Å². The average molecular weight is 431 g/mol. The highest BCUT2D eigenvalue weighted by molar-refractivity contribution is 5.94. The molecule has 3 aromatic rings. The van der Waals surface area contributed by atoms with Crippen molar-refractivity contribution in [2.24, 2.45) is 0 Å². The number of carbonyl (C=O) groups is 2. The summed E-state index contributed by atoms with van der Waals surface area (Å²) in [6.07, 6.45) is 0.380. The van der Waals surface area contributed by atoms with Gasteiger partial charge in [-0.25, -0.2) is 4.39 Å². The zero-order valence-corrected chi connectivity index (χ0v) is 18.2. The molecular weight excluding hydrogens is 403 g/mol. The topological polar surface area (TPSA) is 40.6 Å². The van der Waals surface area contributed by atoms with Gasteiger partial charge in [-0.05, 0) is 35.7 Å². The van der Waals surface area contributed by atoms with Crippen LogP contribution in [0.1, 0.15) is 39.4 Å². The molecule has 1 fully saturated rings. The molecule has 0 saturated carbocycles. The van der Waals surface area contributed by atoms with Crippen LogP contribution in [0.5, 0.6) is 0 Å². The highest BCUT2D eigenvalue weighted by atomic mass is 19.1. The van der Waals surface area contributed by atoms with Gasteiger partial charge in [0.25, 0.3) is 5.91 Å². The van der Waals surface area contributed by atoms with E-state index in [0.717, 1.165) is 11.1 Å². The summed E-state index contributed by atoms with van der Waals surface area (Å²) in [6, 6.07) is 24.7. The second kappa shape index (κ2) is 9.77. The summed E-state index contributed by atoms with van der Waals surface area (Å²) in [5, 5.41) is 0. The van der Waals surface area contributed by atoms with Gasteiger partial charge < -0.3 is 9.80 Å². The maximum Gasteiger partial charge on any atom is 0.254 e. The first-order valence-corrected chi connectivity index (χ1v) is 11.0. The van der Waals surface area contributed by atoms with Gasteiger partial charge in [-0.1, -0.05) is 66.7 Å². The van der Waals surface area contributed by atoms with Gasteiger partial charge in [0.1, 0.15) is 5.82 Å². The number of hydrogen-bond acceptors (Lipinski definition) is 2. The molecule has 2 amide bonds. The third-order valence-corrected chi connectivity index (χ3v) is 6.12. The zero-order chi connectivity index (χ0) is 22.5. The zero-order valence-electron chi connectivity index (χ0n) is 18.2. The average Bonchev–Trinajstić information content (AvgIpc) is 2.85. The Morgan fingerprint density at radius 3 is 1.88 bits per heavy atom. The minimum atomic E-state index is -0.377. The quantitative estimate of drug-likeness (QED) is 0.592. The second-order valence-electron chi connectivity index (χ2n) is 8.22. The molecule has 0 radical (unpaired) electrons. The maximum absolute atomic E-state index is 13.9. The van der Waals surface area contributed by atoms with E-state index in [-0.39, 0.29) is 23.5 Å². The molecule has 3 aromatic carbocycles. The summed E-state index contributed by atoms with van der Waals surface area (Å²) < 4.78 is 13.9. The fourth-order valence-corrected chi connectivity index (χ4v) is 4.17. The summed E-state index contributed by atoms with van der Waals surface area (Å²) in [6.45, 7) is 3.53. The molecule has 0 unspecified atom stereocenters. The van der Waals surface area contributed by atoms with Crippen LogP contribution >= 0.6 is 0 Å². The highest BCUT2D eigenvalue weighted by Crippen LogP contribution is 2.29. The van der Waals surface area contributed by atoms with E-state index in [1.165, 1.54) is 6.07 Å². The lowest BCUT2D eigenvalue weighted by atomic mass is 9.88. The van der Waals surface area contributed by atoms with Gasteiger partial charge in [-0.15, -0.1) is 0 Å². The molecule has 4 rings (SSSR count).